The molecule has 2 rings (SSSR count). The van der Waals surface area contributed by atoms with E-state index in [0.717, 1.165) is 5.56 Å². The van der Waals surface area contributed by atoms with E-state index in [2.05, 4.69) is 10.3 Å². The first kappa shape index (κ1) is 18.2. The van der Waals surface area contributed by atoms with Crippen LogP contribution in [0, 0.1) is 0 Å². The van der Waals surface area contributed by atoms with Gasteiger partial charge in [-0.25, -0.2) is 4.98 Å². The maximum absolute atomic E-state index is 12.3. The monoisotopic (exact) mass is 352 g/mol. The summed E-state index contributed by atoms with van der Waals surface area (Å²) in [5.74, 6) is -2.28. The predicted octanol–water partition coefficient (Wildman–Crippen LogP) is 4.11. The molecule has 24 heavy (non-hydrogen) atoms. The zero-order chi connectivity index (χ0) is 17.5. The van der Waals surface area contributed by atoms with Crippen molar-refractivity contribution < 1.29 is 18.3 Å². The van der Waals surface area contributed by atoms with E-state index in [0.29, 0.717) is 28.1 Å². The number of nitrogens with one attached hydrogen (secondary N) is 1. The molecule has 1 heterocycles. The van der Waals surface area contributed by atoms with Crippen LogP contribution in [-0.2, 0) is 6.54 Å². The second kappa shape index (κ2) is 8.63. The Labute approximate surface area is 143 Å². The Hall–Kier alpha value is -2.15. The van der Waals surface area contributed by atoms with Crippen molar-refractivity contribution in [2.24, 2.45) is 0 Å². The number of halogens is 2. The van der Waals surface area contributed by atoms with E-state index in [4.69, 9.17) is 4.74 Å². The molecule has 0 radical (unpaired) electrons. The SMILES string of the molecule is CC(C)Oc1ncccc1CNC(=O)c1ccc(SC(F)F)cc1. The lowest BCUT2D eigenvalue weighted by Gasteiger charge is -2.13. The van der Waals surface area contributed by atoms with Gasteiger partial charge in [-0.05, 0) is 44.2 Å². The fourth-order valence-corrected chi connectivity index (χ4v) is 2.45. The summed E-state index contributed by atoms with van der Waals surface area (Å²) in [5, 5.41) is 2.78. The van der Waals surface area contributed by atoms with Gasteiger partial charge in [-0.3, -0.25) is 4.79 Å². The summed E-state index contributed by atoms with van der Waals surface area (Å²) in [6.45, 7) is 4.06. The Morgan fingerprint density at radius 2 is 1.96 bits per heavy atom. The number of ether oxygens (including phenoxy) is 1. The van der Waals surface area contributed by atoms with Gasteiger partial charge < -0.3 is 10.1 Å². The number of carbonyl (C=O) groups is 1. The summed E-state index contributed by atoms with van der Waals surface area (Å²) in [6.07, 6.45) is 1.61. The van der Waals surface area contributed by atoms with Crippen LogP contribution in [0.2, 0.25) is 0 Å². The molecule has 0 atom stereocenters. The van der Waals surface area contributed by atoms with Gasteiger partial charge in [-0.15, -0.1) is 0 Å². The number of rotatable bonds is 7. The quantitative estimate of drug-likeness (QED) is 0.762. The highest BCUT2D eigenvalue weighted by Crippen LogP contribution is 2.25. The molecule has 0 unspecified atom stereocenters. The van der Waals surface area contributed by atoms with Gasteiger partial charge in [0.15, 0.2) is 0 Å². The smallest absolute Gasteiger partial charge is 0.288 e. The Bertz CT molecular complexity index is 679. The first-order valence-electron chi connectivity index (χ1n) is 7.39. The lowest BCUT2D eigenvalue weighted by molar-refractivity contribution is 0.0950. The maximum Gasteiger partial charge on any atom is 0.288 e. The Morgan fingerprint density at radius 3 is 2.58 bits per heavy atom. The fourth-order valence-electron chi connectivity index (χ4n) is 1.95. The van der Waals surface area contributed by atoms with Crippen molar-refractivity contribution >= 4 is 17.7 Å². The van der Waals surface area contributed by atoms with Gasteiger partial charge in [0.1, 0.15) is 0 Å². The fraction of sp³-hybridized carbons (Fsp3) is 0.294. The number of hydrogen-bond acceptors (Lipinski definition) is 4. The highest BCUT2D eigenvalue weighted by atomic mass is 32.2. The molecular weight excluding hydrogens is 334 g/mol. The second-order valence-corrected chi connectivity index (χ2v) is 6.28. The number of alkyl halides is 2. The van der Waals surface area contributed by atoms with E-state index < -0.39 is 5.76 Å². The van der Waals surface area contributed by atoms with Crippen molar-refractivity contribution in [3.8, 4) is 5.88 Å². The van der Waals surface area contributed by atoms with E-state index in [-0.39, 0.29) is 18.6 Å². The van der Waals surface area contributed by atoms with Gasteiger partial charge in [-0.2, -0.15) is 8.78 Å². The molecule has 1 aromatic carbocycles. The van der Waals surface area contributed by atoms with E-state index in [1.54, 1.807) is 12.3 Å². The molecule has 0 aliphatic rings. The van der Waals surface area contributed by atoms with Gasteiger partial charge in [0.05, 0.1) is 6.10 Å². The van der Waals surface area contributed by atoms with Crippen LogP contribution >= 0.6 is 11.8 Å². The predicted molar refractivity (Wildman–Crippen MR) is 89.5 cm³/mol. The van der Waals surface area contributed by atoms with Gasteiger partial charge >= 0.3 is 0 Å². The molecule has 0 aliphatic heterocycles. The number of thioether (sulfide) groups is 1. The number of hydrogen-bond donors (Lipinski definition) is 1. The lowest BCUT2D eigenvalue weighted by Crippen LogP contribution is -2.23. The molecule has 7 heteroatoms. The Balaban J connectivity index is 1.98. The minimum atomic E-state index is -2.48. The molecule has 0 bridgehead atoms. The van der Waals surface area contributed by atoms with E-state index in [9.17, 15) is 13.6 Å². The Morgan fingerprint density at radius 1 is 1.25 bits per heavy atom. The highest BCUT2D eigenvalue weighted by molar-refractivity contribution is 7.99. The molecule has 0 fully saturated rings. The second-order valence-electron chi connectivity index (χ2n) is 5.22. The van der Waals surface area contributed by atoms with Gasteiger partial charge in [0.2, 0.25) is 5.88 Å². The summed E-state index contributed by atoms with van der Waals surface area (Å²) in [6, 6.07) is 9.65. The molecule has 128 valence electrons. The first-order chi connectivity index (χ1) is 11.5. The largest absolute Gasteiger partial charge is 0.475 e. The van der Waals surface area contributed by atoms with Crippen LogP contribution in [0.4, 0.5) is 8.78 Å². The van der Waals surface area contributed by atoms with Crippen LogP contribution in [0.5, 0.6) is 5.88 Å². The standard InChI is InChI=1S/C17H18F2N2O2S/c1-11(2)23-16-13(4-3-9-20-16)10-21-15(22)12-5-7-14(8-6-12)24-17(18)19/h3-9,11,17H,10H2,1-2H3,(H,21,22). The van der Waals surface area contributed by atoms with Crippen molar-refractivity contribution in [1.82, 2.24) is 10.3 Å². The summed E-state index contributed by atoms with van der Waals surface area (Å²) in [4.78, 5) is 16.7. The maximum atomic E-state index is 12.3. The third-order valence-corrected chi connectivity index (χ3v) is 3.70. The summed E-state index contributed by atoms with van der Waals surface area (Å²) in [7, 11) is 0. The first-order valence-corrected chi connectivity index (χ1v) is 8.27. The highest BCUT2D eigenvalue weighted by Gasteiger charge is 2.11. The summed E-state index contributed by atoms with van der Waals surface area (Å²) in [5.41, 5.74) is 1.17. The summed E-state index contributed by atoms with van der Waals surface area (Å²) < 4.78 is 30.2. The number of benzene rings is 1. The van der Waals surface area contributed by atoms with Crippen LogP contribution in [0.25, 0.3) is 0 Å². The minimum Gasteiger partial charge on any atom is -0.475 e. The molecule has 0 saturated heterocycles. The molecule has 0 saturated carbocycles. The molecular formula is C17H18F2N2O2S. The van der Waals surface area contributed by atoms with Crippen LogP contribution in [0.15, 0.2) is 47.5 Å². The van der Waals surface area contributed by atoms with Gasteiger partial charge in [0.25, 0.3) is 11.7 Å². The average molecular weight is 352 g/mol. The van der Waals surface area contributed by atoms with Gasteiger partial charge in [0, 0.05) is 28.8 Å². The number of pyridine rings is 1. The Kier molecular flexibility index (Phi) is 6.54. The van der Waals surface area contributed by atoms with E-state index in [1.165, 1.54) is 24.3 Å². The number of aromatic nitrogens is 1. The van der Waals surface area contributed by atoms with Crippen LogP contribution in [0.1, 0.15) is 29.8 Å². The minimum absolute atomic E-state index is 0.0192. The third-order valence-electron chi connectivity index (χ3n) is 2.98. The normalized spacial score (nSPS) is 10.9. The molecule has 0 aliphatic carbocycles. The topological polar surface area (TPSA) is 51.2 Å². The zero-order valence-electron chi connectivity index (χ0n) is 13.3. The van der Waals surface area contributed by atoms with Crippen molar-refractivity contribution in [2.75, 3.05) is 0 Å². The van der Waals surface area contributed by atoms with Crippen molar-refractivity contribution in [3.05, 3.63) is 53.7 Å². The molecule has 0 spiro atoms. The van der Waals surface area contributed by atoms with Crippen molar-refractivity contribution in [2.45, 2.75) is 37.1 Å². The molecule has 2 aromatic rings. The number of amides is 1. The van der Waals surface area contributed by atoms with E-state index in [1.807, 2.05) is 19.9 Å². The zero-order valence-corrected chi connectivity index (χ0v) is 14.1. The number of nitrogens with zero attached hydrogens (tertiary/aromatic N) is 1. The average Bonchev–Trinajstić information content (AvgIpc) is 2.53. The van der Waals surface area contributed by atoms with Gasteiger partial charge in [-0.1, -0.05) is 17.8 Å². The molecule has 1 N–H and O–H groups in total. The lowest BCUT2D eigenvalue weighted by atomic mass is 10.2. The molecule has 4 nitrogen and oxygen atoms in total. The van der Waals surface area contributed by atoms with Crippen LogP contribution < -0.4 is 10.1 Å². The molecule has 1 amide bonds. The van der Waals surface area contributed by atoms with Crippen molar-refractivity contribution in [1.29, 1.82) is 0 Å². The van der Waals surface area contributed by atoms with E-state index >= 15 is 0 Å². The van der Waals surface area contributed by atoms with Crippen molar-refractivity contribution in [3.63, 3.8) is 0 Å². The van der Waals surface area contributed by atoms with Crippen LogP contribution in [0.3, 0.4) is 0 Å². The summed E-state index contributed by atoms with van der Waals surface area (Å²) >= 11 is 0.447. The third kappa shape index (κ3) is 5.49. The van der Waals surface area contributed by atoms with Crippen LogP contribution in [-0.4, -0.2) is 22.8 Å². The molecule has 1 aromatic heterocycles. The number of carbonyl (C=O) groups excluding carboxylic acids is 1.